The first-order valence-corrected chi connectivity index (χ1v) is 8.76. The van der Waals surface area contributed by atoms with Crippen molar-refractivity contribution < 1.29 is 9.59 Å². The summed E-state index contributed by atoms with van der Waals surface area (Å²) in [7, 11) is 0. The number of rotatable bonds is 7. The van der Waals surface area contributed by atoms with E-state index in [9.17, 15) is 9.59 Å². The molecule has 0 aromatic heterocycles. The third kappa shape index (κ3) is 4.66. The minimum Gasteiger partial charge on any atom is -0.326 e. The SMILES string of the molecule is Cc1ccc(NC(=O)CCC(=O)NN=C(C2CC2)C2CC2)cc1C. The first-order chi connectivity index (χ1) is 11.5. The second-order valence-electron chi connectivity index (χ2n) is 6.97. The molecule has 2 saturated carbocycles. The van der Waals surface area contributed by atoms with Gasteiger partial charge in [-0.1, -0.05) is 6.07 Å². The summed E-state index contributed by atoms with van der Waals surface area (Å²) in [5, 5.41) is 7.15. The summed E-state index contributed by atoms with van der Waals surface area (Å²) in [6, 6.07) is 5.79. The molecule has 2 N–H and O–H groups in total. The van der Waals surface area contributed by atoms with Crippen LogP contribution in [0.3, 0.4) is 0 Å². The molecule has 24 heavy (non-hydrogen) atoms. The van der Waals surface area contributed by atoms with Gasteiger partial charge in [0.25, 0.3) is 0 Å². The second-order valence-corrected chi connectivity index (χ2v) is 6.97. The van der Waals surface area contributed by atoms with Crippen molar-refractivity contribution in [3.8, 4) is 0 Å². The van der Waals surface area contributed by atoms with Crippen LogP contribution in [-0.2, 0) is 9.59 Å². The van der Waals surface area contributed by atoms with E-state index >= 15 is 0 Å². The van der Waals surface area contributed by atoms with Gasteiger partial charge in [-0.05, 0) is 74.6 Å². The smallest absolute Gasteiger partial charge is 0.240 e. The van der Waals surface area contributed by atoms with Gasteiger partial charge in [0.1, 0.15) is 0 Å². The Morgan fingerprint density at radius 1 is 1.00 bits per heavy atom. The molecule has 0 spiro atoms. The van der Waals surface area contributed by atoms with Gasteiger partial charge in [0, 0.05) is 24.2 Å². The van der Waals surface area contributed by atoms with Crippen LogP contribution >= 0.6 is 0 Å². The number of hydrogen-bond acceptors (Lipinski definition) is 3. The minimum absolute atomic E-state index is 0.151. The fourth-order valence-electron chi connectivity index (χ4n) is 2.73. The number of nitrogens with zero attached hydrogens (tertiary/aromatic N) is 1. The van der Waals surface area contributed by atoms with Gasteiger partial charge in [-0.15, -0.1) is 0 Å². The molecule has 5 nitrogen and oxygen atoms in total. The normalized spacial score (nSPS) is 16.4. The van der Waals surface area contributed by atoms with E-state index in [0.29, 0.717) is 11.8 Å². The number of anilines is 1. The predicted octanol–water partition coefficient (Wildman–Crippen LogP) is 3.31. The number of hydrazone groups is 1. The summed E-state index contributed by atoms with van der Waals surface area (Å²) in [5.41, 5.74) is 6.89. The summed E-state index contributed by atoms with van der Waals surface area (Å²) in [6.45, 7) is 4.04. The van der Waals surface area contributed by atoms with Crippen molar-refractivity contribution >= 4 is 23.2 Å². The molecule has 1 aromatic rings. The number of benzene rings is 1. The van der Waals surface area contributed by atoms with Crippen molar-refractivity contribution in [1.29, 1.82) is 0 Å². The lowest BCUT2D eigenvalue weighted by atomic mass is 10.1. The average Bonchev–Trinajstić information content (AvgIpc) is 3.42. The van der Waals surface area contributed by atoms with Gasteiger partial charge >= 0.3 is 0 Å². The Balaban J connectivity index is 1.42. The lowest BCUT2D eigenvalue weighted by Crippen LogP contribution is -2.23. The van der Waals surface area contributed by atoms with Crippen LogP contribution in [0.25, 0.3) is 0 Å². The van der Waals surface area contributed by atoms with Gasteiger partial charge in [0.2, 0.25) is 11.8 Å². The first-order valence-electron chi connectivity index (χ1n) is 8.76. The van der Waals surface area contributed by atoms with Crippen molar-refractivity contribution in [3.63, 3.8) is 0 Å². The number of amides is 2. The van der Waals surface area contributed by atoms with Gasteiger partial charge in [-0.25, -0.2) is 5.43 Å². The molecule has 2 amide bonds. The van der Waals surface area contributed by atoms with Gasteiger partial charge < -0.3 is 5.32 Å². The Morgan fingerprint density at radius 2 is 1.62 bits per heavy atom. The Kier molecular flexibility index (Phi) is 4.97. The van der Waals surface area contributed by atoms with Crippen LogP contribution in [-0.4, -0.2) is 17.5 Å². The third-order valence-electron chi connectivity index (χ3n) is 4.67. The van der Waals surface area contributed by atoms with Crippen LogP contribution in [0.15, 0.2) is 23.3 Å². The van der Waals surface area contributed by atoms with Crippen LogP contribution < -0.4 is 10.7 Å². The maximum atomic E-state index is 12.0. The molecule has 3 rings (SSSR count). The number of hydrogen-bond donors (Lipinski definition) is 2. The molecule has 2 fully saturated rings. The van der Waals surface area contributed by atoms with Crippen molar-refractivity contribution in [1.82, 2.24) is 5.43 Å². The second kappa shape index (κ2) is 7.16. The highest BCUT2D eigenvalue weighted by atomic mass is 16.2. The highest BCUT2D eigenvalue weighted by Gasteiger charge is 2.38. The number of carbonyl (C=O) groups excluding carboxylic acids is 2. The molecular weight excluding hydrogens is 302 g/mol. The minimum atomic E-state index is -0.191. The standard InChI is InChI=1S/C19H25N3O2/c1-12-3-8-16(11-13(12)2)20-17(23)9-10-18(24)21-22-19(14-4-5-14)15-6-7-15/h3,8,11,14-15H,4-7,9-10H2,1-2H3,(H,20,23)(H,21,24). The Labute approximate surface area is 142 Å². The fraction of sp³-hybridized carbons (Fsp3) is 0.526. The van der Waals surface area contributed by atoms with Gasteiger partial charge in [0.15, 0.2) is 0 Å². The molecule has 0 bridgehead atoms. The molecule has 0 heterocycles. The topological polar surface area (TPSA) is 70.6 Å². The summed E-state index contributed by atoms with van der Waals surface area (Å²) in [5.74, 6) is 0.836. The van der Waals surface area contributed by atoms with Crippen LogP contribution in [0.1, 0.15) is 49.7 Å². The number of nitrogens with one attached hydrogen (secondary N) is 2. The molecule has 128 valence electrons. The van der Waals surface area contributed by atoms with Gasteiger partial charge in [-0.2, -0.15) is 5.10 Å². The number of aryl methyl sites for hydroxylation is 2. The molecule has 1 aromatic carbocycles. The highest BCUT2D eigenvalue weighted by molar-refractivity contribution is 5.95. The maximum Gasteiger partial charge on any atom is 0.240 e. The highest BCUT2D eigenvalue weighted by Crippen LogP contribution is 2.41. The van der Waals surface area contributed by atoms with E-state index in [1.807, 2.05) is 32.0 Å². The van der Waals surface area contributed by atoms with E-state index in [4.69, 9.17) is 0 Å². The van der Waals surface area contributed by atoms with Crippen LogP contribution in [0.5, 0.6) is 0 Å². The summed E-state index contributed by atoms with van der Waals surface area (Å²) >= 11 is 0. The summed E-state index contributed by atoms with van der Waals surface area (Å²) < 4.78 is 0. The average molecular weight is 327 g/mol. The largest absolute Gasteiger partial charge is 0.326 e. The zero-order valence-electron chi connectivity index (χ0n) is 14.4. The lowest BCUT2D eigenvalue weighted by molar-refractivity contribution is -0.124. The molecule has 2 aliphatic carbocycles. The van der Waals surface area contributed by atoms with Crippen LogP contribution in [0, 0.1) is 25.7 Å². The molecule has 0 unspecified atom stereocenters. The van der Waals surface area contributed by atoms with Gasteiger partial charge in [0.05, 0.1) is 0 Å². The summed E-state index contributed by atoms with van der Waals surface area (Å²) in [6.07, 6.45) is 5.11. The summed E-state index contributed by atoms with van der Waals surface area (Å²) in [4.78, 5) is 23.9. The van der Waals surface area contributed by atoms with E-state index < -0.39 is 0 Å². The van der Waals surface area contributed by atoms with Crippen LogP contribution in [0.4, 0.5) is 5.69 Å². The molecule has 0 atom stereocenters. The van der Waals surface area contributed by atoms with Crippen molar-refractivity contribution in [2.45, 2.75) is 52.4 Å². The number of carbonyl (C=O) groups is 2. The Morgan fingerprint density at radius 3 is 2.21 bits per heavy atom. The molecule has 0 aliphatic heterocycles. The van der Waals surface area contributed by atoms with Crippen molar-refractivity contribution in [3.05, 3.63) is 29.3 Å². The molecule has 5 heteroatoms. The first kappa shape index (κ1) is 16.7. The molecule has 0 saturated heterocycles. The van der Waals surface area contributed by atoms with Gasteiger partial charge in [-0.3, -0.25) is 9.59 Å². The van der Waals surface area contributed by atoms with E-state index in [1.54, 1.807) is 0 Å². The predicted molar refractivity (Wildman–Crippen MR) is 94.8 cm³/mol. The maximum absolute atomic E-state index is 12.0. The monoisotopic (exact) mass is 327 g/mol. The molecule has 2 aliphatic rings. The van der Waals surface area contributed by atoms with Crippen LogP contribution in [0.2, 0.25) is 0 Å². The Bertz CT molecular complexity index is 659. The molecule has 0 radical (unpaired) electrons. The van der Waals surface area contributed by atoms with E-state index in [0.717, 1.165) is 11.3 Å². The van der Waals surface area contributed by atoms with E-state index in [1.165, 1.54) is 37.0 Å². The quantitative estimate of drug-likeness (QED) is 0.596. The van der Waals surface area contributed by atoms with E-state index in [2.05, 4.69) is 15.8 Å². The third-order valence-corrected chi connectivity index (χ3v) is 4.67. The van der Waals surface area contributed by atoms with Crippen molar-refractivity contribution in [2.24, 2.45) is 16.9 Å². The fourth-order valence-corrected chi connectivity index (χ4v) is 2.73. The van der Waals surface area contributed by atoms with Crippen molar-refractivity contribution in [2.75, 3.05) is 5.32 Å². The lowest BCUT2D eigenvalue weighted by Gasteiger charge is -2.08. The molecular formula is C19H25N3O2. The zero-order chi connectivity index (χ0) is 17.1. The Hall–Kier alpha value is -2.17. The van der Waals surface area contributed by atoms with E-state index in [-0.39, 0.29) is 24.7 Å². The zero-order valence-corrected chi connectivity index (χ0v) is 14.4.